The number of hydrogen-bond donors (Lipinski definition) is 2. The smallest absolute Gasteiger partial charge is 0.395 e. The van der Waals surface area contributed by atoms with Crippen LogP contribution >= 0.6 is 0 Å². The van der Waals surface area contributed by atoms with Gasteiger partial charge >= 0.3 is 6.29 Å². The first kappa shape index (κ1) is 25.6. The SMILES string of the molecule is C[C@@H]1CN(c2nc(-c3ccc4c(c3)OC(F)(F)O4)ccc2C(=O)NS(=O)(=O)c2cccc(N)n2)C(C)(C)C1. The molecule has 1 saturated heterocycles. The van der Waals surface area contributed by atoms with E-state index in [1.54, 1.807) is 6.07 Å². The third kappa shape index (κ3) is 4.80. The molecule has 5 rings (SSSR count). The number of rotatable bonds is 5. The lowest BCUT2D eigenvalue weighted by atomic mass is 9.97. The molecule has 200 valence electrons. The lowest BCUT2D eigenvalue weighted by Crippen LogP contribution is -2.41. The minimum Gasteiger partial charge on any atom is -0.395 e. The van der Waals surface area contributed by atoms with Crippen molar-refractivity contribution in [2.24, 2.45) is 5.92 Å². The first-order chi connectivity index (χ1) is 17.7. The number of pyridine rings is 2. The highest BCUT2D eigenvalue weighted by Crippen LogP contribution is 2.43. The molecule has 2 aliphatic rings. The molecule has 3 N–H and O–H groups in total. The molecule has 13 heteroatoms. The average Bonchev–Trinajstić information content (AvgIpc) is 3.29. The van der Waals surface area contributed by atoms with E-state index in [0.29, 0.717) is 17.8 Å². The molecule has 1 amide bonds. The number of fused-ring (bicyclic) bond motifs is 1. The largest absolute Gasteiger partial charge is 0.586 e. The number of nitrogens with one attached hydrogen (secondary N) is 1. The predicted molar refractivity (Wildman–Crippen MR) is 134 cm³/mol. The van der Waals surface area contributed by atoms with Crippen LogP contribution < -0.4 is 24.8 Å². The van der Waals surface area contributed by atoms with Gasteiger partial charge < -0.3 is 20.1 Å². The van der Waals surface area contributed by atoms with Crippen LogP contribution in [-0.2, 0) is 10.0 Å². The summed E-state index contributed by atoms with van der Waals surface area (Å²) in [5, 5.41) is -0.399. The molecule has 0 bridgehead atoms. The average molecular weight is 546 g/mol. The van der Waals surface area contributed by atoms with Crippen LogP contribution in [-0.4, -0.2) is 42.7 Å². The molecule has 1 aromatic carbocycles. The number of aromatic nitrogens is 2. The molecule has 2 aromatic heterocycles. The molecular weight excluding hydrogens is 520 g/mol. The van der Waals surface area contributed by atoms with E-state index in [4.69, 9.17) is 10.7 Å². The van der Waals surface area contributed by atoms with E-state index in [1.165, 1.54) is 42.5 Å². The molecule has 0 unspecified atom stereocenters. The number of anilines is 2. The molecule has 0 aliphatic carbocycles. The van der Waals surface area contributed by atoms with Crippen molar-refractivity contribution in [3.05, 3.63) is 54.1 Å². The maximum absolute atomic E-state index is 13.5. The zero-order valence-corrected chi connectivity index (χ0v) is 21.6. The Kier molecular flexibility index (Phi) is 5.93. The lowest BCUT2D eigenvalue weighted by Gasteiger charge is -2.34. The van der Waals surface area contributed by atoms with Gasteiger partial charge in [0, 0.05) is 17.6 Å². The van der Waals surface area contributed by atoms with Gasteiger partial charge in [0.25, 0.3) is 15.9 Å². The molecule has 2 aliphatic heterocycles. The number of benzene rings is 1. The lowest BCUT2D eigenvalue weighted by molar-refractivity contribution is -0.286. The van der Waals surface area contributed by atoms with Crippen LogP contribution in [0.2, 0.25) is 0 Å². The van der Waals surface area contributed by atoms with E-state index in [2.05, 4.69) is 21.4 Å². The van der Waals surface area contributed by atoms with Crippen LogP contribution in [0.1, 0.15) is 37.6 Å². The van der Waals surface area contributed by atoms with Crippen LogP contribution in [0.5, 0.6) is 11.5 Å². The maximum atomic E-state index is 13.5. The zero-order chi connectivity index (χ0) is 27.5. The van der Waals surface area contributed by atoms with Gasteiger partial charge in [-0.2, -0.15) is 8.42 Å². The third-order valence-corrected chi connectivity index (χ3v) is 7.63. The van der Waals surface area contributed by atoms with Gasteiger partial charge in [-0.1, -0.05) is 13.0 Å². The van der Waals surface area contributed by atoms with E-state index >= 15 is 0 Å². The number of halogens is 2. The second kappa shape index (κ2) is 8.79. The molecule has 4 heterocycles. The van der Waals surface area contributed by atoms with Crippen molar-refractivity contribution in [1.29, 1.82) is 0 Å². The standard InChI is InChI=1S/C25H25F2N5O5S/c1-14-12-24(2,3)32(13-14)22-16(23(33)31-38(34,35)21-6-4-5-20(28)30-21)8-9-17(29-22)15-7-10-18-19(11-15)37-25(26,27)36-18/h4-11,14H,12-13H2,1-3H3,(H2,28,30)(H,31,33)/t14-/m0/s1. The monoisotopic (exact) mass is 545 g/mol. The number of alkyl halides is 2. The van der Waals surface area contributed by atoms with Gasteiger partial charge in [0.1, 0.15) is 11.6 Å². The predicted octanol–water partition coefficient (Wildman–Crippen LogP) is 3.79. The number of nitrogens with zero attached hydrogens (tertiary/aromatic N) is 3. The van der Waals surface area contributed by atoms with Crippen LogP contribution in [0.3, 0.4) is 0 Å². The Morgan fingerprint density at radius 1 is 1.11 bits per heavy atom. The Morgan fingerprint density at radius 2 is 1.84 bits per heavy atom. The van der Waals surface area contributed by atoms with Gasteiger partial charge in [-0.25, -0.2) is 14.7 Å². The molecule has 0 spiro atoms. The Labute approximate surface area is 217 Å². The first-order valence-electron chi connectivity index (χ1n) is 11.7. The number of sulfonamides is 1. The molecule has 0 radical (unpaired) electrons. The molecule has 10 nitrogen and oxygen atoms in total. The summed E-state index contributed by atoms with van der Waals surface area (Å²) in [4.78, 5) is 23.8. The van der Waals surface area contributed by atoms with Crippen molar-refractivity contribution in [2.45, 2.75) is 44.1 Å². The van der Waals surface area contributed by atoms with Crippen molar-refractivity contribution in [3.8, 4) is 22.8 Å². The van der Waals surface area contributed by atoms with Gasteiger partial charge in [0.05, 0.1) is 11.3 Å². The Bertz CT molecular complexity index is 1550. The highest BCUT2D eigenvalue weighted by atomic mass is 32.2. The van der Waals surface area contributed by atoms with Crippen molar-refractivity contribution < 1.29 is 31.5 Å². The number of ether oxygens (including phenoxy) is 2. The van der Waals surface area contributed by atoms with Gasteiger partial charge in [-0.15, -0.1) is 8.78 Å². The van der Waals surface area contributed by atoms with E-state index < -0.39 is 32.8 Å². The fourth-order valence-corrected chi connectivity index (χ4v) is 5.81. The van der Waals surface area contributed by atoms with Crippen LogP contribution in [0.15, 0.2) is 53.6 Å². The van der Waals surface area contributed by atoms with Crippen molar-refractivity contribution in [3.63, 3.8) is 0 Å². The summed E-state index contributed by atoms with van der Waals surface area (Å²) >= 11 is 0. The number of carbonyl (C=O) groups excluding carboxylic acids is 1. The third-order valence-electron chi connectivity index (χ3n) is 6.39. The van der Waals surface area contributed by atoms with E-state index in [0.717, 1.165) is 6.42 Å². The zero-order valence-electron chi connectivity index (χ0n) is 20.7. The highest BCUT2D eigenvalue weighted by molar-refractivity contribution is 7.90. The van der Waals surface area contributed by atoms with Crippen LogP contribution in [0, 0.1) is 5.92 Å². The summed E-state index contributed by atoms with van der Waals surface area (Å²) in [6.45, 7) is 6.64. The molecule has 1 atom stereocenters. The van der Waals surface area contributed by atoms with Gasteiger partial charge in [0.2, 0.25) is 0 Å². The summed E-state index contributed by atoms with van der Waals surface area (Å²) in [6, 6.07) is 11.3. The van der Waals surface area contributed by atoms with Crippen molar-refractivity contribution in [1.82, 2.24) is 14.7 Å². The van der Waals surface area contributed by atoms with E-state index in [1.807, 2.05) is 23.5 Å². The summed E-state index contributed by atoms with van der Waals surface area (Å²) in [7, 11) is -4.33. The molecule has 1 fully saturated rings. The summed E-state index contributed by atoms with van der Waals surface area (Å²) in [5.41, 5.74) is 6.04. The quantitative estimate of drug-likeness (QED) is 0.491. The first-order valence-corrected chi connectivity index (χ1v) is 13.2. The minimum absolute atomic E-state index is 0.0127. The molecule has 38 heavy (non-hydrogen) atoms. The minimum atomic E-state index is -4.33. The highest BCUT2D eigenvalue weighted by Gasteiger charge is 2.44. The van der Waals surface area contributed by atoms with Gasteiger partial charge in [-0.3, -0.25) is 4.79 Å². The van der Waals surface area contributed by atoms with E-state index in [-0.39, 0.29) is 34.6 Å². The fourth-order valence-electron chi connectivity index (χ4n) is 4.87. The summed E-state index contributed by atoms with van der Waals surface area (Å²) in [5.74, 6) is -0.629. The van der Waals surface area contributed by atoms with Gasteiger partial charge in [0.15, 0.2) is 16.5 Å². The Hall–Kier alpha value is -4.00. The normalized spacial score (nSPS) is 19.4. The molecule has 0 saturated carbocycles. The fraction of sp³-hybridized carbons (Fsp3) is 0.320. The van der Waals surface area contributed by atoms with Crippen molar-refractivity contribution >= 4 is 27.6 Å². The second-order valence-corrected chi connectivity index (χ2v) is 11.6. The van der Waals surface area contributed by atoms with E-state index in [9.17, 15) is 22.0 Å². The second-order valence-electron chi connectivity index (χ2n) is 9.96. The maximum Gasteiger partial charge on any atom is 0.586 e. The Balaban J connectivity index is 1.55. The Morgan fingerprint density at radius 3 is 2.53 bits per heavy atom. The van der Waals surface area contributed by atoms with Crippen LogP contribution in [0.4, 0.5) is 20.4 Å². The number of nitrogens with two attached hydrogens (primary N) is 1. The van der Waals surface area contributed by atoms with Gasteiger partial charge in [-0.05, 0) is 68.7 Å². The number of hydrogen-bond acceptors (Lipinski definition) is 9. The number of carbonyl (C=O) groups is 1. The summed E-state index contributed by atoms with van der Waals surface area (Å²) < 4.78 is 63.8. The topological polar surface area (TPSA) is 137 Å². The number of nitrogen functional groups attached to an aromatic ring is 1. The molecular formula is C25H25F2N5O5S. The number of amides is 1. The summed E-state index contributed by atoms with van der Waals surface area (Å²) in [6.07, 6.45) is -2.95. The molecule has 3 aromatic rings. The van der Waals surface area contributed by atoms with Crippen LogP contribution in [0.25, 0.3) is 11.3 Å². The van der Waals surface area contributed by atoms with Crippen molar-refractivity contribution in [2.75, 3.05) is 17.2 Å².